The van der Waals surface area contributed by atoms with Gasteiger partial charge in [-0.15, -0.1) is 0 Å². The Labute approximate surface area is 132 Å². The summed E-state index contributed by atoms with van der Waals surface area (Å²) in [6.07, 6.45) is 1.79. The van der Waals surface area contributed by atoms with E-state index in [-0.39, 0.29) is 11.2 Å². The van der Waals surface area contributed by atoms with Gasteiger partial charge in [-0.1, -0.05) is 0 Å². The molecule has 0 aliphatic rings. The molecule has 23 heavy (non-hydrogen) atoms. The van der Waals surface area contributed by atoms with E-state index in [1.807, 2.05) is 0 Å². The van der Waals surface area contributed by atoms with Crippen LogP contribution in [0.2, 0.25) is 0 Å². The average molecular weight is 319 g/mol. The third kappa shape index (κ3) is 4.73. The quantitative estimate of drug-likeness (QED) is 0.364. The number of rotatable bonds is 7. The minimum absolute atomic E-state index is 0.122. The Morgan fingerprint density at radius 3 is 2.61 bits per heavy atom. The van der Waals surface area contributed by atoms with Crippen molar-refractivity contribution in [1.29, 1.82) is 0 Å². The summed E-state index contributed by atoms with van der Waals surface area (Å²) in [6.45, 7) is 0.814. The molecule has 2 rings (SSSR count). The largest absolute Gasteiger partial charge is 0.497 e. The Bertz CT molecular complexity index is 725. The van der Waals surface area contributed by atoms with Gasteiger partial charge < -0.3 is 14.7 Å². The summed E-state index contributed by atoms with van der Waals surface area (Å²) >= 11 is 0. The Hall–Kier alpha value is -3.03. The van der Waals surface area contributed by atoms with E-state index in [0.29, 0.717) is 19.6 Å². The highest BCUT2D eigenvalue weighted by Crippen LogP contribution is 2.16. The second-order valence-corrected chi connectivity index (χ2v) is 4.60. The Morgan fingerprint density at radius 2 is 1.96 bits per heavy atom. The van der Waals surface area contributed by atoms with Gasteiger partial charge in [-0.05, 0) is 24.3 Å². The normalized spacial score (nSPS) is 11.3. The Balaban J connectivity index is 1.86. The molecule has 8 nitrogen and oxygen atoms in total. The summed E-state index contributed by atoms with van der Waals surface area (Å²) in [5.74, 6) is 1.48. The van der Waals surface area contributed by atoms with Crippen molar-refractivity contribution in [1.82, 2.24) is 4.73 Å². The van der Waals surface area contributed by atoms with Crippen LogP contribution in [0.25, 0.3) is 0 Å². The van der Waals surface area contributed by atoms with Crippen LogP contribution >= 0.6 is 0 Å². The van der Waals surface area contributed by atoms with E-state index in [2.05, 4.69) is 4.99 Å². The molecule has 0 spiro atoms. The van der Waals surface area contributed by atoms with Gasteiger partial charge in [0.15, 0.2) is 5.49 Å². The highest BCUT2D eigenvalue weighted by molar-refractivity contribution is 5.31. The van der Waals surface area contributed by atoms with Crippen LogP contribution in [0, 0.1) is 10.1 Å². The van der Waals surface area contributed by atoms with Crippen LogP contribution in [0.1, 0.15) is 6.42 Å². The smallest absolute Gasteiger partial charge is 0.274 e. The van der Waals surface area contributed by atoms with Crippen LogP contribution in [0.5, 0.6) is 11.5 Å². The van der Waals surface area contributed by atoms with Gasteiger partial charge in [0.05, 0.1) is 30.9 Å². The summed E-state index contributed by atoms with van der Waals surface area (Å²) in [5.41, 5.74) is 0.00665. The fourth-order valence-electron chi connectivity index (χ4n) is 1.82. The molecule has 0 saturated carbocycles. The van der Waals surface area contributed by atoms with Gasteiger partial charge in [0.1, 0.15) is 11.5 Å². The van der Waals surface area contributed by atoms with Crippen molar-refractivity contribution >= 4 is 5.69 Å². The molecule has 1 heterocycles. The lowest BCUT2D eigenvalue weighted by Gasteiger charge is -2.06. The standard InChI is InChI=1S/C15H17N3O5/c1-22-13-3-5-14(6-4-13)23-10-2-8-16-15-11-12(18(20)21)7-9-17(15)19/h3-7,9,11,19H,2,8,10H2,1H3. The monoisotopic (exact) mass is 319 g/mol. The van der Waals surface area contributed by atoms with E-state index in [1.54, 1.807) is 31.4 Å². The lowest BCUT2D eigenvalue weighted by atomic mass is 10.3. The van der Waals surface area contributed by atoms with E-state index in [9.17, 15) is 15.3 Å². The van der Waals surface area contributed by atoms with E-state index < -0.39 is 4.92 Å². The molecule has 8 heteroatoms. The highest BCUT2D eigenvalue weighted by Gasteiger charge is 2.05. The molecule has 0 saturated heterocycles. The van der Waals surface area contributed by atoms with Crippen molar-refractivity contribution in [2.45, 2.75) is 6.42 Å². The maximum Gasteiger partial charge on any atom is 0.274 e. The first-order chi connectivity index (χ1) is 11.1. The zero-order chi connectivity index (χ0) is 16.7. The second-order valence-electron chi connectivity index (χ2n) is 4.60. The highest BCUT2D eigenvalue weighted by atomic mass is 16.6. The van der Waals surface area contributed by atoms with Crippen molar-refractivity contribution in [3.05, 3.63) is 58.2 Å². The summed E-state index contributed by atoms with van der Waals surface area (Å²) in [6, 6.07) is 9.63. The van der Waals surface area contributed by atoms with Crippen LogP contribution in [0.15, 0.2) is 47.6 Å². The van der Waals surface area contributed by atoms with Crippen LogP contribution in [-0.4, -0.2) is 35.1 Å². The molecular formula is C15H17N3O5. The molecule has 0 atom stereocenters. The molecule has 1 aromatic carbocycles. The number of ether oxygens (including phenoxy) is 2. The molecular weight excluding hydrogens is 302 g/mol. The lowest BCUT2D eigenvalue weighted by molar-refractivity contribution is -0.385. The van der Waals surface area contributed by atoms with Gasteiger partial charge in [-0.25, -0.2) is 0 Å². The Kier molecular flexibility index (Phi) is 5.56. The average Bonchev–Trinajstić information content (AvgIpc) is 2.56. The van der Waals surface area contributed by atoms with Gasteiger partial charge in [0.2, 0.25) is 0 Å². The van der Waals surface area contributed by atoms with Crippen LogP contribution in [-0.2, 0) is 0 Å². The van der Waals surface area contributed by atoms with Crippen LogP contribution < -0.4 is 15.0 Å². The Morgan fingerprint density at radius 1 is 1.26 bits per heavy atom. The van der Waals surface area contributed by atoms with E-state index in [0.717, 1.165) is 16.2 Å². The molecule has 0 aliphatic heterocycles. The minimum Gasteiger partial charge on any atom is -0.497 e. The molecule has 0 aliphatic carbocycles. The lowest BCUT2D eigenvalue weighted by Crippen LogP contribution is -2.19. The van der Waals surface area contributed by atoms with E-state index in [1.165, 1.54) is 18.3 Å². The van der Waals surface area contributed by atoms with Gasteiger partial charge in [0, 0.05) is 19.0 Å². The maximum absolute atomic E-state index is 10.7. The number of aromatic nitrogens is 1. The van der Waals surface area contributed by atoms with E-state index >= 15 is 0 Å². The fourth-order valence-corrected chi connectivity index (χ4v) is 1.82. The maximum atomic E-state index is 10.7. The molecule has 0 amide bonds. The number of hydrogen-bond donors (Lipinski definition) is 1. The second kappa shape index (κ2) is 7.83. The van der Waals surface area contributed by atoms with Gasteiger partial charge in [0.25, 0.3) is 5.69 Å². The third-order valence-corrected chi connectivity index (χ3v) is 3.01. The number of nitro groups is 1. The van der Waals surface area contributed by atoms with Gasteiger partial charge in [-0.2, -0.15) is 4.73 Å². The number of nitrogens with zero attached hydrogens (tertiary/aromatic N) is 3. The SMILES string of the molecule is COc1ccc(OCCCN=c2cc([N+](=O)[O-])ccn2O)cc1. The minimum atomic E-state index is -0.536. The van der Waals surface area contributed by atoms with Crippen LogP contribution in [0.3, 0.4) is 0 Å². The van der Waals surface area contributed by atoms with Crippen molar-refractivity contribution in [3.8, 4) is 11.5 Å². The van der Waals surface area contributed by atoms with Crippen molar-refractivity contribution < 1.29 is 19.6 Å². The van der Waals surface area contributed by atoms with E-state index in [4.69, 9.17) is 9.47 Å². The van der Waals surface area contributed by atoms with Crippen molar-refractivity contribution in [3.63, 3.8) is 0 Å². The van der Waals surface area contributed by atoms with Crippen LogP contribution in [0.4, 0.5) is 5.69 Å². The summed E-state index contributed by atoms with van der Waals surface area (Å²) in [5, 5.41) is 20.2. The summed E-state index contributed by atoms with van der Waals surface area (Å²) in [4.78, 5) is 14.3. The first-order valence-corrected chi connectivity index (χ1v) is 6.94. The predicted octanol–water partition coefficient (Wildman–Crippen LogP) is 2.01. The number of benzene rings is 1. The topological polar surface area (TPSA) is 99.1 Å². The number of methoxy groups -OCH3 is 1. The van der Waals surface area contributed by atoms with Crippen molar-refractivity contribution in [2.24, 2.45) is 4.99 Å². The zero-order valence-electron chi connectivity index (χ0n) is 12.6. The number of pyridine rings is 1. The number of hydrogen-bond acceptors (Lipinski definition) is 6. The first kappa shape index (κ1) is 16.3. The molecule has 0 radical (unpaired) electrons. The first-order valence-electron chi connectivity index (χ1n) is 6.94. The zero-order valence-corrected chi connectivity index (χ0v) is 12.6. The molecule has 2 aromatic rings. The molecule has 1 N–H and O–H groups in total. The third-order valence-electron chi connectivity index (χ3n) is 3.01. The molecule has 0 bridgehead atoms. The molecule has 1 aromatic heterocycles. The predicted molar refractivity (Wildman–Crippen MR) is 81.8 cm³/mol. The fraction of sp³-hybridized carbons (Fsp3) is 0.267. The molecule has 0 unspecified atom stereocenters. The van der Waals surface area contributed by atoms with Gasteiger partial charge in [-0.3, -0.25) is 15.1 Å². The van der Waals surface area contributed by atoms with Crippen molar-refractivity contribution in [2.75, 3.05) is 20.3 Å². The summed E-state index contributed by atoms with van der Waals surface area (Å²) in [7, 11) is 1.60. The van der Waals surface area contributed by atoms with Gasteiger partial charge >= 0.3 is 0 Å². The summed E-state index contributed by atoms with van der Waals surface area (Å²) < 4.78 is 11.3. The molecule has 122 valence electrons. The molecule has 0 fully saturated rings.